The largest absolute Gasteiger partial charge is 0.309 e. The smallest absolute Gasteiger partial charge is 0.0897 e. The topological polar surface area (TPSA) is 24.9 Å². The number of nitrogens with zero attached hydrogens (tertiary/aromatic N) is 1. The van der Waals surface area contributed by atoms with Crippen LogP contribution in [0.2, 0.25) is 0 Å². The molecule has 0 radical (unpaired) electrons. The summed E-state index contributed by atoms with van der Waals surface area (Å²) in [5.41, 5.74) is 0. The first-order chi connectivity index (χ1) is 7.28. The fraction of sp³-hybridized carbons (Fsp3) is 0.727. The van der Waals surface area contributed by atoms with Crippen LogP contribution in [0.3, 0.4) is 0 Å². The average molecular weight is 242 g/mol. The minimum atomic E-state index is 0.727. The van der Waals surface area contributed by atoms with Gasteiger partial charge < -0.3 is 5.32 Å². The fourth-order valence-electron chi connectivity index (χ4n) is 2.07. The second-order valence-electron chi connectivity index (χ2n) is 4.09. The van der Waals surface area contributed by atoms with Crippen LogP contribution < -0.4 is 5.32 Å². The van der Waals surface area contributed by atoms with E-state index in [2.05, 4.69) is 23.5 Å². The molecule has 1 saturated carbocycles. The molecular formula is C11H18N2S2. The number of hydrogen-bond acceptors (Lipinski definition) is 4. The van der Waals surface area contributed by atoms with Crippen LogP contribution in [0.4, 0.5) is 0 Å². The molecule has 0 bridgehead atoms. The molecular weight excluding hydrogens is 224 g/mol. The molecule has 1 fully saturated rings. The fourth-order valence-corrected chi connectivity index (χ4v) is 3.61. The van der Waals surface area contributed by atoms with Gasteiger partial charge in [-0.1, -0.05) is 0 Å². The Morgan fingerprint density at radius 1 is 1.60 bits per heavy atom. The number of thiazole rings is 1. The normalized spacial score (nSPS) is 26.0. The Labute approximate surface area is 99.9 Å². The van der Waals surface area contributed by atoms with Gasteiger partial charge in [-0.25, -0.2) is 4.98 Å². The van der Waals surface area contributed by atoms with Crippen LogP contribution in [0.25, 0.3) is 0 Å². The molecule has 2 nitrogen and oxygen atoms in total. The van der Waals surface area contributed by atoms with Gasteiger partial charge in [0.2, 0.25) is 0 Å². The minimum Gasteiger partial charge on any atom is -0.309 e. The summed E-state index contributed by atoms with van der Waals surface area (Å²) in [7, 11) is 0. The molecule has 0 amide bonds. The molecule has 1 N–H and O–H groups in total. The van der Waals surface area contributed by atoms with E-state index >= 15 is 0 Å². The van der Waals surface area contributed by atoms with E-state index in [1.54, 1.807) is 11.3 Å². The number of aromatic nitrogens is 1. The molecule has 2 unspecified atom stereocenters. The van der Waals surface area contributed by atoms with Crippen LogP contribution in [0, 0.1) is 6.92 Å². The second-order valence-corrected chi connectivity index (χ2v) is 6.55. The predicted molar refractivity (Wildman–Crippen MR) is 68.6 cm³/mol. The Morgan fingerprint density at radius 3 is 3.07 bits per heavy atom. The first-order valence-corrected chi connectivity index (χ1v) is 7.56. The van der Waals surface area contributed by atoms with Crippen molar-refractivity contribution in [2.45, 2.75) is 44.0 Å². The van der Waals surface area contributed by atoms with E-state index in [0.717, 1.165) is 17.8 Å². The van der Waals surface area contributed by atoms with Crippen molar-refractivity contribution in [2.24, 2.45) is 0 Å². The summed E-state index contributed by atoms with van der Waals surface area (Å²) in [5, 5.41) is 5.68. The Bertz CT molecular complexity index is 311. The van der Waals surface area contributed by atoms with Crippen molar-refractivity contribution in [3.05, 3.63) is 16.1 Å². The Kier molecular flexibility index (Phi) is 4.05. The Hall–Kier alpha value is -0.0600. The summed E-state index contributed by atoms with van der Waals surface area (Å²) in [6.45, 7) is 3.06. The zero-order valence-corrected chi connectivity index (χ0v) is 11.0. The molecule has 1 aromatic heterocycles. The zero-order chi connectivity index (χ0) is 10.7. The second kappa shape index (κ2) is 5.32. The van der Waals surface area contributed by atoms with Gasteiger partial charge in [0.1, 0.15) is 0 Å². The van der Waals surface area contributed by atoms with Crippen molar-refractivity contribution in [1.29, 1.82) is 0 Å². The van der Waals surface area contributed by atoms with E-state index in [1.807, 2.05) is 18.0 Å². The molecule has 15 heavy (non-hydrogen) atoms. The molecule has 4 heteroatoms. The van der Waals surface area contributed by atoms with Crippen LogP contribution in [0.15, 0.2) is 6.20 Å². The summed E-state index contributed by atoms with van der Waals surface area (Å²) in [5.74, 6) is 0. The minimum absolute atomic E-state index is 0.727. The average Bonchev–Trinajstić information content (AvgIpc) is 2.83. The molecule has 1 aliphatic carbocycles. The third-order valence-electron chi connectivity index (χ3n) is 2.95. The van der Waals surface area contributed by atoms with E-state index in [4.69, 9.17) is 0 Å². The van der Waals surface area contributed by atoms with Crippen LogP contribution in [0.5, 0.6) is 0 Å². The molecule has 0 aromatic carbocycles. The van der Waals surface area contributed by atoms with Crippen LogP contribution in [0.1, 0.15) is 29.1 Å². The lowest BCUT2D eigenvalue weighted by atomic mass is 10.2. The maximum absolute atomic E-state index is 4.27. The van der Waals surface area contributed by atoms with Crippen molar-refractivity contribution in [3.63, 3.8) is 0 Å². The monoisotopic (exact) mass is 242 g/mol. The van der Waals surface area contributed by atoms with Crippen molar-refractivity contribution in [1.82, 2.24) is 10.3 Å². The first kappa shape index (κ1) is 11.4. The molecule has 0 aliphatic heterocycles. The molecule has 84 valence electrons. The summed E-state index contributed by atoms with van der Waals surface area (Å²) in [6, 6.07) is 0.727. The SMILES string of the molecule is CSC1CCC(NCc2cnc(C)s2)C1. The molecule has 2 atom stereocenters. The van der Waals surface area contributed by atoms with Gasteiger partial charge in [-0.05, 0) is 32.4 Å². The lowest BCUT2D eigenvalue weighted by Gasteiger charge is -2.11. The van der Waals surface area contributed by atoms with Gasteiger partial charge in [0.25, 0.3) is 0 Å². The Balaban J connectivity index is 1.75. The third-order valence-corrected chi connectivity index (χ3v) is 4.96. The highest BCUT2D eigenvalue weighted by Gasteiger charge is 2.23. The van der Waals surface area contributed by atoms with E-state index in [1.165, 1.54) is 29.1 Å². The van der Waals surface area contributed by atoms with Gasteiger partial charge in [0, 0.05) is 28.9 Å². The highest BCUT2D eigenvalue weighted by Crippen LogP contribution is 2.28. The summed E-state index contributed by atoms with van der Waals surface area (Å²) >= 11 is 3.81. The number of rotatable bonds is 4. The quantitative estimate of drug-likeness (QED) is 0.879. The van der Waals surface area contributed by atoms with Gasteiger partial charge >= 0.3 is 0 Å². The van der Waals surface area contributed by atoms with Crippen LogP contribution >= 0.6 is 23.1 Å². The molecule has 0 spiro atoms. The van der Waals surface area contributed by atoms with E-state index in [-0.39, 0.29) is 0 Å². The number of hydrogen-bond donors (Lipinski definition) is 1. The van der Waals surface area contributed by atoms with Gasteiger partial charge in [-0.2, -0.15) is 11.8 Å². The van der Waals surface area contributed by atoms with Gasteiger partial charge in [0.05, 0.1) is 5.01 Å². The van der Waals surface area contributed by atoms with Crippen molar-refractivity contribution >= 4 is 23.1 Å². The lowest BCUT2D eigenvalue weighted by Crippen LogP contribution is -2.25. The first-order valence-electron chi connectivity index (χ1n) is 5.45. The third kappa shape index (κ3) is 3.20. The van der Waals surface area contributed by atoms with E-state index in [0.29, 0.717) is 0 Å². The van der Waals surface area contributed by atoms with Crippen molar-refractivity contribution in [3.8, 4) is 0 Å². The number of aryl methyl sites for hydroxylation is 1. The predicted octanol–water partition coefficient (Wildman–Crippen LogP) is 2.83. The molecule has 2 rings (SSSR count). The number of nitrogens with one attached hydrogen (secondary N) is 1. The van der Waals surface area contributed by atoms with Gasteiger partial charge in [-0.3, -0.25) is 0 Å². The maximum atomic E-state index is 4.27. The van der Waals surface area contributed by atoms with Crippen molar-refractivity contribution < 1.29 is 0 Å². The van der Waals surface area contributed by atoms with Gasteiger partial charge in [0.15, 0.2) is 0 Å². The number of thioether (sulfide) groups is 1. The van der Waals surface area contributed by atoms with Crippen molar-refractivity contribution in [2.75, 3.05) is 6.26 Å². The lowest BCUT2D eigenvalue weighted by molar-refractivity contribution is 0.528. The standard InChI is InChI=1S/C11H18N2S2/c1-8-12-6-11(15-8)7-13-9-3-4-10(5-9)14-2/h6,9-10,13H,3-5,7H2,1-2H3. The van der Waals surface area contributed by atoms with E-state index < -0.39 is 0 Å². The van der Waals surface area contributed by atoms with Crippen LogP contribution in [-0.2, 0) is 6.54 Å². The molecule has 1 aliphatic rings. The highest BCUT2D eigenvalue weighted by molar-refractivity contribution is 7.99. The Morgan fingerprint density at radius 2 is 2.47 bits per heavy atom. The summed E-state index contributed by atoms with van der Waals surface area (Å²) in [6.07, 6.45) is 8.26. The summed E-state index contributed by atoms with van der Waals surface area (Å²) in [4.78, 5) is 5.63. The van der Waals surface area contributed by atoms with Gasteiger partial charge in [-0.15, -0.1) is 11.3 Å². The highest BCUT2D eigenvalue weighted by atomic mass is 32.2. The maximum Gasteiger partial charge on any atom is 0.0897 e. The summed E-state index contributed by atoms with van der Waals surface area (Å²) < 4.78 is 0. The molecule has 0 saturated heterocycles. The van der Waals surface area contributed by atoms with E-state index in [9.17, 15) is 0 Å². The van der Waals surface area contributed by atoms with Crippen LogP contribution in [-0.4, -0.2) is 22.5 Å². The molecule has 1 heterocycles. The molecule has 1 aromatic rings. The zero-order valence-electron chi connectivity index (χ0n) is 9.32.